The van der Waals surface area contributed by atoms with Crippen molar-refractivity contribution in [3.8, 4) is 17.0 Å². The number of nitrogens with one attached hydrogen (secondary N) is 1. The first kappa shape index (κ1) is 21.9. The minimum atomic E-state index is -2.49. The smallest absolute Gasteiger partial charge is 0.256 e. The highest BCUT2D eigenvalue weighted by Crippen LogP contribution is 2.33. The van der Waals surface area contributed by atoms with E-state index in [1.54, 1.807) is 22.8 Å². The maximum atomic E-state index is 15.0. The van der Waals surface area contributed by atoms with Gasteiger partial charge in [-0.3, -0.25) is 4.90 Å². The third kappa shape index (κ3) is 4.13. The Balaban J connectivity index is 1.27. The molecule has 1 aromatic carbocycles. The van der Waals surface area contributed by atoms with E-state index < -0.39 is 31.2 Å². The first-order chi connectivity index (χ1) is 17.8. The maximum Gasteiger partial charge on any atom is 0.256 e. The standard InChI is InChI=1S/C24H26F3N7O2/c1-35-23-22-16(14-2-3-19-20(8-14)33(13-28-19)10-21(26)27)4-7-34(22)31-24(30-23)29-18-5-6-32(9-17(18)25)15-11-36-12-15/h2-4,7-8,13,15,17-18,21H,5-6,9-12H2,1H3,(H,29,31)/t17-,18-/m0/s1/i15D. The molecule has 4 aromatic rings. The lowest BCUT2D eigenvalue weighted by Gasteiger charge is -2.42. The van der Waals surface area contributed by atoms with Gasteiger partial charge in [-0.15, -0.1) is 5.10 Å². The maximum absolute atomic E-state index is 15.0. The molecule has 5 heterocycles. The Labute approximate surface area is 206 Å². The van der Waals surface area contributed by atoms with Gasteiger partial charge >= 0.3 is 0 Å². The number of piperidine rings is 1. The lowest BCUT2D eigenvalue weighted by Crippen LogP contribution is -2.57. The highest BCUT2D eigenvalue weighted by Gasteiger charge is 2.35. The van der Waals surface area contributed by atoms with Gasteiger partial charge in [-0.1, -0.05) is 6.07 Å². The first-order valence-corrected chi connectivity index (χ1v) is 11.7. The molecule has 9 nitrogen and oxygen atoms in total. The Kier molecular flexibility index (Phi) is 5.62. The van der Waals surface area contributed by atoms with Crippen molar-refractivity contribution in [3.63, 3.8) is 0 Å². The number of anilines is 1. The highest BCUT2D eigenvalue weighted by molar-refractivity contribution is 5.89. The summed E-state index contributed by atoms with van der Waals surface area (Å²) in [6.45, 7) is 0.867. The van der Waals surface area contributed by atoms with Crippen LogP contribution in [0.4, 0.5) is 19.1 Å². The van der Waals surface area contributed by atoms with Gasteiger partial charge in [0, 0.05) is 24.8 Å². The van der Waals surface area contributed by atoms with E-state index in [1.807, 2.05) is 17.0 Å². The van der Waals surface area contributed by atoms with Crippen LogP contribution in [-0.2, 0) is 11.3 Å². The van der Waals surface area contributed by atoms with Gasteiger partial charge in [0.2, 0.25) is 11.8 Å². The average molecular weight is 503 g/mol. The van der Waals surface area contributed by atoms with E-state index in [1.165, 1.54) is 18.0 Å². The largest absolute Gasteiger partial charge is 0.479 e. The molecule has 12 heteroatoms. The van der Waals surface area contributed by atoms with Crippen molar-refractivity contribution in [2.24, 2.45) is 0 Å². The summed E-state index contributed by atoms with van der Waals surface area (Å²) in [5, 5.41) is 7.62. The molecule has 36 heavy (non-hydrogen) atoms. The predicted molar refractivity (Wildman–Crippen MR) is 127 cm³/mol. The number of likely N-dealkylation sites (tertiary alicyclic amines) is 1. The summed E-state index contributed by atoms with van der Waals surface area (Å²) < 4.78 is 63.1. The van der Waals surface area contributed by atoms with Crippen LogP contribution in [0.1, 0.15) is 7.79 Å². The van der Waals surface area contributed by atoms with Crippen molar-refractivity contribution in [1.29, 1.82) is 0 Å². The van der Waals surface area contributed by atoms with Gasteiger partial charge in [0.1, 0.15) is 11.7 Å². The van der Waals surface area contributed by atoms with Crippen molar-refractivity contribution in [3.05, 3.63) is 36.8 Å². The summed E-state index contributed by atoms with van der Waals surface area (Å²) in [4.78, 5) is 10.5. The van der Waals surface area contributed by atoms with Crippen LogP contribution in [0.25, 0.3) is 27.7 Å². The second kappa shape index (κ2) is 9.25. The second-order valence-electron chi connectivity index (χ2n) is 9.02. The summed E-state index contributed by atoms with van der Waals surface area (Å²) in [5.41, 5.74) is 3.35. The number of methoxy groups -OCH3 is 1. The van der Waals surface area contributed by atoms with Gasteiger partial charge in [0.25, 0.3) is 6.43 Å². The van der Waals surface area contributed by atoms with Crippen LogP contribution in [0, 0.1) is 0 Å². The quantitative estimate of drug-likeness (QED) is 0.416. The molecule has 2 saturated heterocycles. The molecule has 2 aliphatic heterocycles. The summed E-state index contributed by atoms with van der Waals surface area (Å²) in [6.07, 6.45) is -0.0444. The first-order valence-electron chi connectivity index (χ1n) is 12.2. The number of hydrogen-bond acceptors (Lipinski definition) is 7. The minimum absolute atomic E-state index is 0.141. The van der Waals surface area contributed by atoms with Crippen molar-refractivity contribution >= 4 is 22.5 Å². The van der Waals surface area contributed by atoms with Gasteiger partial charge in [-0.2, -0.15) is 4.98 Å². The molecule has 6 rings (SSSR count). The normalized spacial score (nSPS) is 22.6. The number of hydrogen-bond donors (Lipinski definition) is 1. The van der Waals surface area contributed by atoms with Crippen LogP contribution in [0.15, 0.2) is 36.8 Å². The molecule has 0 unspecified atom stereocenters. The number of ether oxygens (including phenoxy) is 2. The molecule has 0 spiro atoms. The fourth-order valence-electron chi connectivity index (χ4n) is 4.84. The van der Waals surface area contributed by atoms with E-state index in [9.17, 15) is 8.78 Å². The fourth-order valence-corrected chi connectivity index (χ4v) is 4.84. The summed E-state index contributed by atoms with van der Waals surface area (Å²) in [5.74, 6) is 0.522. The molecule has 2 fully saturated rings. The van der Waals surface area contributed by atoms with Crippen LogP contribution >= 0.6 is 0 Å². The van der Waals surface area contributed by atoms with E-state index in [-0.39, 0.29) is 12.5 Å². The molecule has 0 aliphatic carbocycles. The molecule has 2 aliphatic rings. The topological polar surface area (TPSA) is 81.7 Å². The Bertz CT molecular complexity index is 1440. The van der Waals surface area contributed by atoms with Crippen molar-refractivity contribution in [2.45, 2.75) is 37.6 Å². The number of rotatable bonds is 7. The minimum Gasteiger partial charge on any atom is -0.479 e. The van der Waals surface area contributed by atoms with Crippen LogP contribution < -0.4 is 10.1 Å². The second-order valence-corrected chi connectivity index (χ2v) is 9.02. The average Bonchev–Trinajstić information content (AvgIpc) is 3.47. The van der Waals surface area contributed by atoms with Gasteiger partial charge in [0.15, 0.2) is 0 Å². The zero-order chi connectivity index (χ0) is 25.7. The number of halogens is 3. The molecular formula is C24H26F3N7O2. The SMILES string of the molecule is [2H]C1(N2CC[C@H](Nc3nc(OC)c4c(-c5ccc6ncn(CC(F)F)c6c5)ccn4n3)[C@@H](F)C2)COC1. The fraction of sp³-hybridized carbons (Fsp3) is 0.458. The number of alkyl halides is 3. The van der Waals surface area contributed by atoms with Crippen molar-refractivity contribution in [1.82, 2.24) is 29.0 Å². The van der Waals surface area contributed by atoms with Gasteiger partial charge in [0.05, 0.1) is 57.7 Å². The Hall–Kier alpha value is -3.38. The molecule has 0 amide bonds. The number of benzene rings is 1. The monoisotopic (exact) mass is 502 g/mol. The number of fused-ring (bicyclic) bond motifs is 2. The lowest BCUT2D eigenvalue weighted by atomic mass is 10.0. The zero-order valence-corrected chi connectivity index (χ0v) is 19.6. The summed E-state index contributed by atoms with van der Waals surface area (Å²) in [7, 11) is 1.49. The molecule has 0 saturated carbocycles. The Morgan fingerprint density at radius 3 is 2.89 bits per heavy atom. The van der Waals surface area contributed by atoms with Crippen molar-refractivity contribution < 1.29 is 24.0 Å². The Morgan fingerprint density at radius 2 is 2.17 bits per heavy atom. The third-order valence-electron chi connectivity index (χ3n) is 6.78. The molecule has 0 radical (unpaired) electrons. The molecule has 3 aromatic heterocycles. The highest BCUT2D eigenvalue weighted by atomic mass is 19.3. The van der Waals surface area contributed by atoms with E-state index in [0.717, 1.165) is 11.1 Å². The molecule has 1 N–H and O–H groups in total. The van der Waals surface area contributed by atoms with Gasteiger partial charge in [-0.05, 0) is 30.2 Å². The van der Waals surface area contributed by atoms with Crippen LogP contribution in [0.3, 0.4) is 0 Å². The van der Waals surface area contributed by atoms with Crippen molar-refractivity contribution in [2.75, 3.05) is 38.7 Å². The van der Waals surface area contributed by atoms with Crippen LogP contribution in [0.2, 0.25) is 0 Å². The van der Waals surface area contributed by atoms with E-state index in [2.05, 4.69) is 20.4 Å². The van der Waals surface area contributed by atoms with E-state index in [0.29, 0.717) is 48.6 Å². The lowest BCUT2D eigenvalue weighted by molar-refractivity contribution is -0.0794. The number of imidazole rings is 1. The summed E-state index contributed by atoms with van der Waals surface area (Å²) in [6, 6.07) is 5.95. The van der Waals surface area contributed by atoms with Crippen LogP contribution in [0.5, 0.6) is 5.88 Å². The number of nitrogens with zero attached hydrogens (tertiary/aromatic N) is 6. The predicted octanol–water partition coefficient (Wildman–Crippen LogP) is 3.24. The third-order valence-corrected chi connectivity index (χ3v) is 6.78. The zero-order valence-electron chi connectivity index (χ0n) is 20.6. The molecule has 2 atom stereocenters. The molecule has 0 bridgehead atoms. The van der Waals surface area contributed by atoms with Crippen LogP contribution in [-0.4, -0.2) is 87.1 Å². The summed E-state index contributed by atoms with van der Waals surface area (Å²) >= 11 is 0. The Morgan fingerprint density at radius 1 is 1.31 bits per heavy atom. The van der Waals surface area contributed by atoms with E-state index in [4.69, 9.17) is 10.8 Å². The van der Waals surface area contributed by atoms with Gasteiger partial charge < -0.3 is 19.4 Å². The molecular weight excluding hydrogens is 475 g/mol. The van der Waals surface area contributed by atoms with Gasteiger partial charge in [-0.25, -0.2) is 22.7 Å². The number of aromatic nitrogens is 5. The van der Waals surface area contributed by atoms with E-state index >= 15 is 4.39 Å². The molecule has 190 valence electrons.